The molecule has 0 spiro atoms. The van der Waals surface area contributed by atoms with Crippen molar-refractivity contribution >= 4 is 17.6 Å². The van der Waals surface area contributed by atoms with Gasteiger partial charge in [-0.15, -0.1) is 0 Å². The van der Waals surface area contributed by atoms with E-state index in [9.17, 15) is 0 Å². The average Bonchev–Trinajstić information content (AvgIpc) is 1.95. The molecule has 0 bridgehead atoms. The molecule has 0 aliphatic carbocycles. The third-order valence-corrected chi connectivity index (χ3v) is 1.42. The molecule has 0 unspecified atom stereocenters. The van der Waals surface area contributed by atoms with Gasteiger partial charge in [-0.1, -0.05) is 24.4 Å². The summed E-state index contributed by atoms with van der Waals surface area (Å²) in [5.41, 5.74) is 1.13. The number of benzene rings is 1. The molecule has 1 N–H and O–H groups in total. The van der Waals surface area contributed by atoms with E-state index in [2.05, 4.69) is 12.2 Å². The Morgan fingerprint density at radius 2 is 1.90 bits per heavy atom. The highest BCUT2D eigenvalue weighted by atomic mass is 32.1. The second-order valence-electron chi connectivity index (χ2n) is 2.04. The van der Waals surface area contributed by atoms with Gasteiger partial charge in [-0.25, -0.2) is 0 Å². The minimum Gasteiger partial charge on any atom is -0.508 e. The molecule has 2 heteroatoms. The van der Waals surface area contributed by atoms with E-state index in [1.807, 2.05) is 12.1 Å². The van der Waals surface area contributed by atoms with Crippen LogP contribution < -0.4 is 0 Å². The molecule has 10 heavy (non-hydrogen) atoms. The van der Waals surface area contributed by atoms with Gasteiger partial charge < -0.3 is 5.11 Å². The Labute approximate surface area is 65.3 Å². The number of thiocarbonyl (C=S) groups is 1. The molecule has 0 saturated carbocycles. The highest BCUT2D eigenvalue weighted by Gasteiger charge is 1.88. The van der Waals surface area contributed by atoms with Crippen LogP contribution in [0.15, 0.2) is 24.3 Å². The Morgan fingerprint density at radius 3 is 2.40 bits per heavy atom. The van der Waals surface area contributed by atoms with Crippen molar-refractivity contribution in [1.29, 1.82) is 0 Å². The quantitative estimate of drug-likeness (QED) is 0.653. The highest BCUT2D eigenvalue weighted by Crippen LogP contribution is 2.08. The summed E-state index contributed by atoms with van der Waals surface area (Å²) in [6.45, 7) is 0. The van der Waals surface area contributed by atoms with Crippen LogP contribution in [0.1, 0.15) is 5.56 Å². The predicted octanol–water partition coefficient (Wildman–Crippen LogP) is 1.93. The van der Waals surface area contributed by atoms with Crippen molar-refractivity contribution in [3.8, 4) is 5.75 Å². The largest absolute Gasteiger partial charge is 0.508 e. The molecule has 1 rings (SSSR count). The van der Waals surface area contributed by atoms with Crippen LogP contribution >= 0.6 is 12.2 Å². The maximum atomic E-state index is 8.89. The first-order chi connectivity index (χ1) is 4.83. The summed E-state index contributed by atoms with van der Waals surface area (Å²) in [6.07, 6.45) is 0.787. The monoisotopic (exact) mass is 152 g/mol. The first-order valence-corrected chi connectivity index (χ1v) is 3.51. The van der Waals surface area contributed by atoms with Crippen molar-refractivity contribution < 1.29 is 5.11 Å². The molecule has 0 saturated heterocycles. The summed E-state index contributed by atoms with van der Waals surface area (Å²) in [4.78, 5) is 0. The lowest BCUT2D eigenvalue weighted by Gasteiger charge is -1.94. The lowest BCUT2D eigenvalue weighted by Crippen LogP contribution is -1.81. The number of hydrogen-bond acceptors (Lipinski definition) is 2. The van der Waals surface area contributed by atoms with Crippen LogP contribution in [0.25, 0.3) is 0 Å². The van der Waals surface area contributed by atoms with Gasteiger partial charge in [0.05, 0.1) is 0 Å². The average molecular weight is 152 g/mol. The fourth-order valence-corrected chi connectivity index (χ4v) is 0.921. The van der Waals surface area contributed by atoms with Gasteiger partial charge in [0.1, 0.15) is 5.75 Å². The van der Waals surface area contributed by atoms with Crippen molar-refractivity contribution in [1.82, 2.24) is 0 Å². The molecule has 1 aromatic carbocycles. The van der Waals surface area contributed by atoms with Gasteiger partial charge in [-0.3, -0.25) is 0 Å². The van der Waals surface area contributed by atoms with Gasteiger partial charge in [-0.2, -0.15) is 0 Å². The van der Waals surface area contributed by atoms with Crippen LogP contribution in [0.4, 0.5) is 0 Å². The molecule has 0 atom stereocenters. The number of phenolic OH excluding ortho intramolecular Hbond substituents is 1. The lowest BCUT2D eigenvalue weighted by atomic mass is 10.2. The third-order valence-electron chi connectivity index (χ3n) is 1.26. The summed E-state index contributed by atoms with van der Waals surface area (Å²) >= 11 is 4.68. The van der Waals surface area contributed by atoms with Crippen molar-refractivity contribution in [3.63, 3.8) is 0 Å². The second kappa shape index (κ2) is 3.32. The zero-order valence-corrected chi connectivity index (χ0v) is 6.27. The molecule has 0 aromatic heterocycles. The molecule has 0 radical (unpaired) electrons. The molecule has 0 amide bonds. The SMILES string of the molecule is Oc1ccc(CC=S)cc1. The normalized spacial score (nSPS) is 9.20. The molecule has 52 valence electrons. The Morgan fingerprint density at radius 1 is 1.30 bits per heavy atom. The number of phenols is 1. The Hall–Kier alpha value is -0.890. The summed E-state index contributed by atoms with van der Waals surface area (Å²) < 4.78 is 0. The first-order valence-electron chi connectivity index (χ1n) is 3.04. The van der Waals surface area contributed by atoms with Crippen LogP contribution in [-0.4, -0.2) is 10.5 Å². The molecular formula is C8H8OS. The standard InChI is InChI=1S/C8H8OS/c9-8-3-1-7(2-4-8)5-6-10/h1-4,6,9H,5H2. The molecule has 1 aromatic rings. The van der Waals surface area contributed by atoms with Gasteiger partial charge in [0, 0.05) is 6.42 Å². The Kier molecular flexibility index (Phi) is 2.40. The van der Waals surface area contributed by atoms with E-state index in [0.717, 1.165) is 12.0 Å². The minimum atomic E-state index is 0.299. The highest BCUT2D eigenvalue weighted by molar-refractivity contribution is 7.78. The second-order valence-corrected chi connectivity index (χ2v) is 2.37. The predicted molar refractivity (Wildman–Crippen MR) is 45.5 cm³/mol. The van der Waals surface area contributed by atoms with E-state index < -0.39 is 0 Å². The van der Waals surface area contributed by atoms with Crippen molar-refractivity contribution in [3.05, 3.63) is 29.8 Å². The van der Waals surface area contributed by atoms with Crippen molar-refractivity contribution in [2.75, 3.05) is 0 Å². The van der Waals surface area contributed by atoms with E-state index >= 15 is 0 Å². The van der Waals surface area contributed by atoms with E-state index in [1.54, 1.807) is 17.5 Å². The maximum absolute atomic E-state index is 8.89. The molecular weight excluding hydrogens is 144 g/mol. The zero-order valence-electron chi connectivity index (χ0n) is 5.45. The summed E-state index contributed by atoms with van der Waals surface area (Å²) in [5.74, 6) is 0.299. The Balaban J connectivity index is 2.78. The third kappa shape index (κ3) is 1.81. The van der Waals surface area contributed by atoms with Crippen molar-refractivity contribution in [2.24, 2.45) is 0 Å². The zero-order chi connectivity index (χ0) is 7.40. The fraction of sp³-hybridized carbons (Fsp3) is 0.125. The summed E-state index contributed by atoms with van der Waals surface area (Å²) in [7, 11) is 0. The number of rotatable bonds is 2. The summed E-state index contributed by atoms with van der Waals surface area (Å²) in [6, 6.07) is 7.04. The molecule has 1 nitrogen and oxygen atoms in total. The Bertz CT molecular complexity index is 215. The van der Waals surface area contributed by atoms with Gasteiger partial charge in [-0.05, 0) is 23.1 Å². The van der Waals surface area contributed by atoms with E-state index in [0.29, 0.717) is 5.75 Å². The van der Waals surface area contributed by atoms with Crippen LogP contribution in [-0.2, 0) is 6.42 Å². The van der Waals surface area contributed by atoms with Gasteiger partial charge >= 0.3 is 0 Å². The van der Waals surface area contributed by atoms with Crippen molar-refractivity contribution in [2.45, 2.75) is 6.42 Å². The van der Waals surface area contributed by atoms with E-state index in [-0.39, 0.29) is 0 Å². The fourth-order valence-electron chi connectivity index (χ4n) is 0.728. The maximum Gasteiger partial charge on any atom is 0.115 e. The first kappa shape index (κ1) is 7.22. The van der Waals surface area contributed by atoms with E-state index in [1.165, 1.54) is 0 Å². The molecule has 0 fully saturated rings. The van der Waals surface area contributed by atoms with Gasteiger partial charge in [0.25, 0.3) is 0 Å². The molecule has 0 aliphatic heterocycles. The van der Waals surface area contributed by atoms with E-state index in [4.69, 9.17) is 5.11 Å². The molecule has 0 aliphatic rings. The molecule has 0 heterocycles. The number of hydrogen-bond donors (Lipinski definition) is 1. The minimum absolute atomic E-state index is 0.299. The number of aromatic hydroxyl groups is 1. The lowest BCUT2D eigenvalue weighted by molar-refractivity contribution is 0.475. The van der Waals surface area contributed by atoms with Gasteiger partial charge in [0.15, 0.2) is 0 Å². The van der Waals surface area contributed by atoms with Gasteiger partial charge in [0.2, 0.25) is 0 Å². The van der Waals surface area contributed by atoms with Crippen LogP contribution in [0.5, 0.6) is 5.75 Å². The smallest absolute Gasteiger partial charge is 0.115 e. The summed E-state index contributed by atoms with van der Waals surface area (Å²) in [5, 5.41) is 10.6. The van der Waals surface area contributed by atoms with Crippen LogP contribution in [0, 0.1) is 0 Å². The van der Waals surface area contributed by atoms with Crippen LogP contribution in [0.2, 0.25) is 0 Å². The van der Waals surface area contributed by atoms with Crippen LogP contribution in [0.3, 0.4) is 0 Å². The topological polar surface area (TPSA) is 20.2 Å².